The van der Waals surface area contributed by atoms with E-state index in [9.17, 15) is 9.59 Å². The Morgan fingerprint density at radius 1 is 1.33 bits per heavy atom. The van der Waals surface area contributed by atoms with Gasteiger partial charge >= 0.3 is 5.97 Å². The van der Waals surface area contributed by atoms with E-state index in [1.807, 2.05) is 19.2 Å². The maximum atomic E-state index is 12.2. The van der Waals surface area contributed by atoms with Crippen molar-refractivity contribution >= 4 is 23.2 Å². The van der Waals surface area contributed by atoms with Crippen LogP contribution in [0.3, 0.4) is 0 Å². The van der Waals surface area contributed by atoms with Crippen LogP contribution in [0.2, 0.25) is 0 Å². The first-order chi connectivity index (χ1) is 9.90. The minimum atomic E-state index is -1.03. The van der Waals surface area contributed by atoms with Crippen molar-refractivity contribution in [2.75, 3.05) is 0 Å². The number of benzene rings is 1. The summed E-state index contributed by atoms with van der Waals surface area (Å²) in [5, 5.41) is 14.7. The first-order valence-electron chi connectivity index (χ1n) is 6.42. The van der Waals surface area contributed by atoms with Gasteiger partial charge in [0.2, 0.25) is 5.91 Å². The lowest BCUT2D eigenvalue weighted by atomic mass is 10.0. The topological polar surface area (TPSA) is 79.3 Å². The lowest BCUT2D eigenvalue weighted by Crippen LogP contribution is -2.41. The molecule has 0 saturated carbocycles. The highest BCUT2D eigenvalue weighted by molar-refractivity contribution is 7.09. The van der Waals surface area contributed by atoms with Crippen molar-refractivity contribution in [1.82, 2.24) is 10.3 Å². The number of nitrogens with one attached hydrogen (secondary N) is 1. The van der Waals surface area contributed by atoms with Crippen LogP contribution in [-0.4, -0.2) is 22.0 Å². The van der Waals surface area contributed by atoms with Crippen LogP contribution in [0.15, 0.2) is 35.8 Å². The number of amides is 1. The Balaban J connectivity index is 2.11. The van der Waals surface area contributed by atoms with Gasteiger partial charge in [0.15, 0.2) is 0 Å². The van der Waals surface area contributed by atoms with Crippen LogP contribution in [0.5, 0.6) is 0 Å². The highest BCUT2D eigenvalue weighted by Crippen LogP contribution is 2.22. The number of thiazole rings is 1. The maximum Gasteiger partial charge on any atom is 0.335 e. The van der Waals surface area contributed by atoms with Gasteiger partial charge in [-0.05, 0) is 25.5 Å². The van der Waals surface area contributed by atoms with E-state index in [2.05, 4.69) is 10.3 Å². The molecule has 5 nitrogen and oxygen atoms in total. The van der Waals surface area contributed by atoms with E-state index < -0.39 is 11.5 Å². The lowest BCUT2D eigenvalue weighted by Gasteiger charge is -2.24. The quantitative estimate of drug-likeness (QED) is 0.889. The fourth-order valence-corrected chi connectivity index (χ4v) is 2.75. The number of carbonyl (C=O) groups excluding carboxylic acids is 1. The lowest BCUT2D eigenvalue weighted by molar-refractivity contribution is -0.122. The zero-order chi connectivity index (χ0) is 15.5. The molecule has 2 aromatic rings. The van der Waals surface area contributed by atoms with Gasteiger partial charge in [-0.15, -0.1) is 11.3 Å². The number of carboxylic acid groups (broad SMARTS) is 1. The molecule has 110 valence electrons. The van der Waals surface area contributed by atoms with Crippen LogP contribution < -0.4 is 5.32 Å². The van der Waals surface area contributed by atoms with Crippen molar-refractivity contribution < 1.29 is 14.7 Å². The molecule has 2 rings (SSSR count). The zero-order valence-corrected chi connectivity index (χ0v) is 12.6. The van der Waals surface area contributed by atoms with Crippen molar-refractivity contribution in [3.63, 3.8) is 0 Å². The molecule has 0 aliphatic carbocycles. The van der Waals surface area contributed by atoms with E-state index in [1.54, 1.807) is 24.4 Å². The van der Waals surface area contributed by atoms with Crippen LogP contribution in [0.25, 0.3) is 0 Å². The van der Waals surface area contributed by atoms with Crippen molar-refractivity contribution in [3.8, 4) is 0 Å². The van der Waals surface area contributed by atoms with Gasteiger partial charge in [-0.2, -0.15) is 0 Å². The van der Waals surface area contributed by atoms with Crippen molar-refractivity contribution in [2.45, 2.75) is 25.8 Å². The van der Waals surface area contributed by atoms with Crippen LogP contribution in [-0.2, 0) is 16.8 Å². The van der Waals surface area contributed by atoms with Crippen molar-refractivity contribution in [1.29, 1.82) is 0 Å². The Bertz CT molecular complexity index is 651. The average molecular weight is 304 g/mol. The van der Waals surface area contributed by atoms with Crippen LogP contribution in [0.4, 0.5) is 0 Å². The highest BCUT2D eigenvalue weighted by atomic mass is 32.1. The minimum absolute atomic E-state index is 0.0251. The number of carboxylic acids is 1. The Labute approximate surface area is 126 Å². The Morgan fingerprint density at radius 2 is 2.05 bits per heavy atom. The molecule has 0 saturated heterocycles. The second-order valence-corrected chi connectivity index (χ2v) is 6.04. The summed E-state index contributed by atoms with van der Waals surface area (Å²) >= 11 is 1.47. The highest BCUT2D eigenvalue weighted by Gasteiger charge is 2.25. The summed E-state index contributed by atoms with van der Waals surface area (Å²) in [5.41, 5.74) is 0.0702. The van der Waals surface area contributed by atoms with Gasteiger partial charge in [-0.3, -0.25) is 4.79 Å². The summed E-state index contributed by atoms with van der Waals surface area (Å²) in [5.74, 6) is -1.26. The molecule has 0 aliphatic heterocycles. The Hall–Kier alpha value is -2.21. The first-order valence-corrected chi connectivity index (χ1v) is 7.30. The first kappa shape index (κ1) is 15.2. The van der Waals surface area contributed by atoms with Crippen molar-refractivity contribution in [2.24, 2.45) is 0 Å². The summed E-state index contributed by atoms with van der Waals surface area (Å²) in [6.07, 6.45) is 1.71. The molecule has 0 radical (unpaired) electrons. The van der Waals surface area contributed by atoms with E-state index in [0.29, 0.717) is 5.56 Å². The molecular formula is C15H16N2O3S. The van der Waals surface area contributed by atoms with E-state index in [-0.39, 0.29) is 17.9 Å². The third-order valence-corrected chi connectivity index (χ3v) is 4.11. The summed E-state index contributed by atoms with van der Waals surface area (Å²) in [6.45, 7) is 3.74. The average Bonchev–Trinajstić information content (AvgIpc) is 2.92. The largest absolute Gasteiger partial charge is 0.478 e. The van der Waals surface area contributed by atoms with Gasteiger partial charge in [0, 0.05) is 11.6 Å². The van der Waals surface area contributed by atoms with Gasteiger partial charge in [0.05, 0.1) is 17.5 Å². The number of nitrogens with zero attached hydrogens (tertiary/aromatic N) is 1. The summed E-state index contributed by atoms with van der Waals surface area (Å²) in [4.78, 5) is 27.5. The molecule has 0 atom stereocenters. The predicted octanol–water partition coefficient (Wildman–Crippen LogP) is 2.44. The number of hydrogen-bond donors (Lipinski definition) is 2. The summed E-state index contributed by atoms with van der Waals surface area (Å²) in [7, 11) is 0. The number of carbonyl (C=O) groups is 2. The molecule has 1 aromatic heterocycles. The molecule has 0 aliphatic rings. The molecule has 0 bridgehead atoms. The fraction of sp³-hybridized carbons (Fsp3) is 0.267. The fourth-order valence-electron chi connectivity index (χ4n) is 2.03. The smallest absolute Gasteiger partial charge is 0.335 e. The molecule has 6 heteroatoms. The van der Waals surface area contributed by atoms with Crippen LogP contribution in [0, 0.1) is 0 Å². The molecule has 2 N–H and O–H groups in total. The number of hydrogen-bond acceptors (Lipinski definition) is 4. The van der Waals surface area contributed by atoms with Gasteiger partial charge in [-0.1, -0.05) is 18.2 Å². The third kappa shape index (κ3) is 3.66. The molecule has 0 unspecified atom stereocenters. The SMILES string of the molecule is CC(C)(NC(=O)Cc1ccccc1C(=O)O)c1nccs1. The molecule has 21 heavy (non-hydrogen) atoms. The van der Waals surface area contributed by atoms with Gasteiger partial charge < -0.3 is 10.4 Å². The molecule has 0 spiro atoms. The number of aromatic nitrogens is 1. The normalized spacial score (nSPS) is 11.1. The summed E-state index contributed by atoms with van der Waals surface area (Å²) in [6, 6.07) is 6.52. The summed E-state index contributed by atoms with van der Waals surface area (Å²) < 4.78 is 0. The van der Waals surface area contributed by atoms with E-state index in [1.165, 1.54) is 17.4 Å². The molecule has 0 fully saturated rings. The van der Waals surface area contributed by atoms with Crippen LogP contribution >= 0.6 is 11.3 Å². The van der Waals surface area contributed by atoms with E-state index in [0.717, 1.165) is 5.01 Å². The Morgan fingerprint density at radius 3 is 2.67 bits per heavy atom. The Kier molecular flexibility index (Phi) is 4.37. The second kappa shape index (κ2) is 6.05. The maximum absolute atomic E-state index is 12.2. The second-order valence-electron chi connectivity index (χ2n) is 5.15. The monoisotopic (exact) mass is 304 g/mol. The third-order valence-electron chi connectivity index (χ3n) is 3.02. The molecular weight excluding hydrogens is 288 g/mol. The number of rotatable bonds is 5. The van der Waals surface area contributed by atoms with Gasteiger partial charge in [0.1, 0.15) is 5.01 Å². The minimum Gasteiger partial charge on any atom is -0.478 e. The van der Waals surface area contributed by atoms with E-state index >= 15 is 0 Å². The van der Waals surface area contributed by atoms with Crippen LogP contribution in [0.1, 0.15) is 34.8 Å². The number of aromatic carboxylic acids is 1. The molecule has 1 aromatic carbocycles. The van der Waals surface area contributed by atoms with Gasteiger partial charge in [0.25, 0.3) is 0 Å². The standard InChI is InChI=1S/C15H16N2O3S/c1-15(2,14-16-7-8-21-14)17-12(18)9-10-5-3-4-6-11(10)13(19)20/h3-8H,9H2,1-2H3,(H,17,18)(H,19,20). The van der Waals surface area contributed by atoms with E-state index in [4.69, 9.17) is 5.11 Å². The molecule has 1 amide bonds. The predicted molar refractivity (Wildman–Crippen MR) is 80.4 cm³/mol. The zero-order valence-electron chi connectivity index (χ0n) is 11.8. The van der Waals surface area contributed by atoms with Gasteiger partial charge in [-0.25, -0.2) is 9.78 Å². The van der Waals surface area contributed by atoms with Crippen molar-refractivity contribution in [3.05, 3.63) is 52.0 Å². The molecule has 1 heterocycles.